The van der Waals surface area contributed by atoms with Crippen LogP contribution in [-0.2, 0) is 14.4 Å². The number of carboxylic acids is 1. The zero-order chi connectivity index (χ0) is 22.0. The summed E-state index contributed by atoms with van der Waals surface area (Å²) in [6, 6.07) is 11.0. The Balaban J connectivity index is 2.15. The van der Waals surface area contributed by atoms with Crippen molar-refractivity contribution in [2.45, 2.75) is 33.6 Å². The molecule has 1 aliphatic rings. The lowest BCUT2D eigenvalue weighted by atomic mass is 9.75. The Morgan fingerprint density at radius 2 is 1.57 bits per heavy atom. The number of rotatable bonds is 5. The topological polar surface area (TPSA) is 84.3 Å². The van der Waals surface area contributed by atoms with Crippen LogP contribution in [0.3, 0.4) is 0 Å². The lowest BCUT2D eigenvalue weighted by Gasteiger charge is -2.26. The van der Waals surface area contributed by atoms with Gasteiger partial charge in [0.05, 0.1) is 0 Å². The highest BCUT2D eigenvalue weighted by Gasteiger charge is 2.34. The molecule has 0 saturated heterocycles. The van der Waals surface area contributed by atoms with E-state index in [0.717, 1.165) is 16.7 Å². The molecule has 1 aromatic heterocycles. The summed E-state index contributed by atoms with van der Waals surface area (Å²) in [5, 5.41) is 9.08. The van der Waals surface area contributed by atoms with E-state index in [2.05, 4.69) is 4.98 Å². The number of aliphatic carboxylic acids is 1. The van der Waals surface area contributed by atoms with Gasteiger partial charge in [0.1, 0.15) is 0 Å². The Bertz CT molecular complexity index is 1120. The number of aromatic nitrogens is 1. The van der Waals surface area contributed by atoms with E-state index >= 15 is 0 Å². The summed E-state index contributed by atoms with van der Waals surface area (Å²) in [7, 11) is 0. The quantitative estimate of drug-likeness (QED) is 0.589. The minimum absolute atomic E-state index is 0.118. The van der Waals surface area contributed by atoms with Crippen molar-refractivity contribution in [2.75, 3.05) is 0 Å². The highest BCUT2D eigenvalue weighted by atomic mass is 16.4. The average Bonchev–Trinajstić information content (AvgIpc) is 2.75. The molecule has 5 nitrogen and oxygen atoms in total. The molecular formula is C25H23NO4. The van der Waals surface area contributed by atoms with Crippen LogP contribution >= 0.6 is 0 Å². The van der Waals surface area contributed by atoms with Gasteiger partial charge >= 0.3 is 5.97 Å². The maximum atomic E-state index is 13.2. The second-order valence-corrected chi connectivity index (χ2v) is 7.47. The van der Waals surface area contributed by atoms with E-state index in [9.17, 15) is 14.4 Å². The standard InChI is InChI=1S/C25H23NO4/c1-14(25(29)30)12-18-7-9-19(10-8-18)22(20-6-5-11-26-13-20)21-17(4)23(27)15(2)16(3)24(21)28/h5-13,22H,1-4H3,(H,29,30)/b14-12+. The van der Waals surface area contributed by atoms with Crippen molar-refractivity contribution >= 4 is 23.6 Å². The maximum absolute atomic E-state index is 13.2. The predicted molar refractivity (Wildman–Crippen MR) is 115 cm³/mol. The van der Waals surface area contributed by atoms with Crippen LogP contribution in [0.15, 0.2) is 76.7 Å². The molecule has 1 atom stereocenters. The van der Waals surface area contributed by atoms with Crippen molar-refractivity contribution in [2.24, 2.45) is 0 Å². The van der Waals surface area contributed by atoms with E-state index in [-0.39, 0.29) is 17.1 Å². The number of nitrogens with zero attached hydrogens (tertiary/aromatic N) is 1. The number of carboxylic acid groups (broad SMARTS) is 1. The van der Waals surface area contributed by atoms with Crippen LogP contribution in [0.2, 0.25) is 0 Å². The summed E-state index contributed by atoms with van der Waals surface area (Å²) in [6.45, 7) is 6.60. The maximum Gasteiger partial charge on any atom is 0.331 e. The normalized spacial score (nSPS) is 16.2. The van der Waals surface area contributed by atoms with Gasteiger partial charge in [0.2, 0.25) is 0 Å². The second-order valence-electron chi connectivity index (χ2n) is 7.47. The van der Waals surface area contributed by atoms with Gasteiger partial charge in [-0.25, -0.2) is 4.79 Å². The van der Waals surface area contributed by atoms with E-state index in [0.29, 0.717) is 22.3 Å². The van der Waals surface area contributed by atoms with E-state index in [1.54, 1.807) is 45.3 Å². The number of allylic oxidation sites excluding steroid dienone is 4. The molecular weight excluding hydrogens is 378 g/mol. The Morgan fingerprint density at radius 3 is 2.13 bits per heavy atom. The Labute approximate surface area is 175 Å². The highest BCUT2D eigenvalue weighted by Crippen LogP contribution is 2.38. The fraction of sp³-hybridized carbons (Fsp3) is 0.200. The van der Waals surface area contributed by atoms with Crippen molar-refractivity contribution in [3.8, 4) is 0 Å². The number of carbonyl (C=O) groups is 3. The molecule has 152 valence electrons. The molecule has 1 aromatic carbocycles. The Kier molecular flexibility index (Phi) is 5.92. The summed E-state index contributed by atoms with van der Waals surface area (Å²) >= 11 is 0. The van der Waals surface area contributed by atoms with Gasteiger partial charge in [-0.15, -0.1) is 0 Å². The molecule has 0 amide bonds. The van der Waals surface area contributed by atoms with E-state index in [1.165, 1.54) is 6.92 Å². The van der Waals surface area contributed by atoms with Crippen LogP contribution in [-0.4, -0.2) is 27.6 Å². The Morgan fingerprint density at radius 1 is 0.933 bits per heavy atom. The molecule has 1 N–H and O–H groups in total. The molecule has 3 rings (SSSR count). The summed E-state index contributed by atoms with van der Waals surface area (Å²) in [6.07, 6.45) is 4.94. The summed E-state index contributed by atoms with van der Waals surface area (Å²) in [4.78, 5) is 41.2. The van der Waals surface area contributed by atoms with Gasteiger partial charge in [0.15, 0.2) is 11.6 Å². The van der Waals surface area contributed by atoms with Crippen molar-refractivity contribution < 1.29 is 19.5 Å². The second kappa shape index (κ2) is 8.41. The van der Waals surface area contributed by atoms with Crippen molar-refractivity contribution in [1.82, 2.24) is 4.98 Å². The van der Waals surface area contributed by atoms with E-state index in [1.807, 2.05) is 30.3 Å². The van der Waals surface area contributed by atoms with Crippen molar-refractivity contribution in [1.29, 1.82) is 0 Å². The van der Waals surface area contributed by atoms with Gasteiger partial charge in [-0.1, -0.05) is 30.3 Å². The molecule has 0 radical (unpaired) electrons. The number of carbonyl (C=O) groups excluding carboxylic acids is 2. The third-order valence-corrected chi connectivity index (χ3v) is 5.53. The lowest BCUT2D eigenvalue weighted by Crippen LogP contribution is -2.25. The molecule has 1 aliphatic carbocycles. The summed E-state index contributed by atoms with van der Waals surface area (Å²) in [5.41, 5.74) is 4.47. The average molecular weight is 401 g/mol. The van der Waals surface area contributed by atoms with Gasteiger partial charge in [-0.2, -0.15) is 0 Å². The molecule has 2 aromatic rings. The van der Waals surface area contributed by atoms with Gasteiger partial charge in [-0.05, 0) is 56.5 Å². The van der Waals surface area contributed by atoms with Crippen LogP contribution in [0.1, 0.15) is 50.3 Å². The largest absolute Gasteiger partial charge is 0.478 e. The van der Waals surface area contributed by atoms with Gasteiger partial charge < -0.3 is 5.11 Å². The lowest BCUT2D eigenvalue weighted by molar-refractivity contribution is -0.132. The van der Waals surface area contributed by atoms with Gasteiger partial charge in [-0.3, -0.25) is 14.6 Å². The fourth-order valence-electron chi connectivity index (χ4n) is 3.63. The number of benzene rings is 1. The number of Topliss-reactive ketones (excluding diaryl/α,β-unsaturated/α-hetero) is 2. The van der Waals surface area contributed by atoms with Gasteiger partial charge in [0, 0.05) is 46.2 Å². The predicted octanol–water partition coefficient (Wildman–Crippen LogP) is 4.51. The molecule has 0 aliphatic heterocycles. The minimum atomic E-state index is -0.975. The molecule has 0 saturated carbocycles. The first-order valence-electron chi connectivity index (χ1n) is 9.61. The van der Waals surface area contributed by atoms with Gasteiger partial charge in [0.25, 0.3) is 0 Å². The number of hydrogen-bond acceptors (Lipinski definition) is 4. The van der Waals surface area contributed by atoms with E-state index in [4.69, 9.17) is 5.11 Å². The Hall–Kier alpha value is -3.60. The van der Waals surface area contributed by atoms with Crippen LogP contribution in [0.5, 0.6) is 0 Å². The molecule has 0 spiro atoms. The van der Waals surface area contributed by atoms with E-state index < -0.39 is 11.9 Å². The van der Waals surface area contributed by atoms with Crippen LogP contribution in [0.4, 0.5) is 0 Å². The summed E-state index contributed by atoms with van der Waals surface area (Å²) in [5.74, 6) is -1.68. The highest BCUT2D eigenvalue weighted by molar-refractivity contribution is 6.25. The monoisotopic (exact) mass is 401 g/mol. The summed E-state index contributed by atoms with van der Waals surface area (Å²) < 4.78 is 0. The molecule has 30 heavy (non-hydrogen) atoms. The van der Waals surface area contributed by atoms with Crippen LogP contribution in [0, 0.1) is 0 Å². The zero-order valence-corrected chi connectivity index (χ0v) is 17.4. The number of ketones is 2. The first-order chi connectivity index (χ1) is 14.2. The SMILES string of the molecule is CC1=C(C)C(=O)C(C(c2ccc(/C=C(\C)C(=O)O)cc2)c2cccnc2)=C(C)C1=O. The molecule has 1 unspecified atom stereocenters. The first kappa shape index (κ1) is 21.1. The molecule has 5 heteroatoms. The third-order valence-electron chi connectivity index (χ3n) is 5.53. The molecule has 1 heterocycles. The zero-order valence-electron chi connectivity index (χ0n) is 17.4. The fourth-order valence-corrected chi connectivity index (χ4v) is 3.63. The molecule has 0 bridgehead atoms. The minimum Gasteiger partial charge on any atom is -0.478 e. The van der Waals surface area contributed by atoms with Crippen LogP contribution < -0.4 is 0 Å². The number of pyridine rings is 1. The van der Waals surface area contributed by atoms with Crippen LogP contribution in [0.25, 0.3) is 6.08 Å². The smallest absolute Gasteiger partial charge is 0.331 e. The van der Waals surface area contributed by atoms with Crippen molar-refractivity contribution in [3.63, 3.8) is 0 Å². The first-order valence-corrected chi connectivity index (χ1v) is 9.61. The third kappa shape index (κ3) is 3.92. The van der Waals surface area contributed by atoms with Crippen molar-refractivity contribution in [3.05, 3.63) is 93.3 Å². The molecule has 0 fully saturated rings. The number of hydrogen-bond donors (Lipinski definition) is 1.